The molecule has 0 aliphatic rings. The molecule has 5 nitrogen and oxygen atoms in total. The van der Waals surface area contributed by atoms with Crippen LogP contribution in [0.4, 0.5) is 0 Å². The number of rotatable bonds is 4. The van der Waals surface area contributed by atoms with Crippen LogP contribution in [0.2, 0.25) is 0 Å². The van der Waals surface area contributed by atoms with Crippen LogP contribution >= 0.6 is 23.1 Å². The highest BCUT2D eigenvalue weighted by molar-refractivity contribution is 8.00. The summed E-state index contributed by atoms with van der Waals surface area (Å²) in [6, 6.07) is 6.32. The van der Waals surface area contributed by atoms with Gasteiger partial charge < -0.3 is 10.3 Å². The number of hydrogen-bond acceptors (Lipinski definition) is 6. The van der Waals surface area contributed by atoms with Gasteiger partial charge in [0, 0.05) is 11.3 Å². The Morgan fingerprint density at radius 3 is 2.95 bits per heavy atom. The summed E-state index contributed by atoms with van der Waals surface area (Å²) in [6.07, 6.45) is 0. The summed E-state index contributed by atoms with van der Waals surface area (Å²) >= 11 is 3.12. The van der Waals surface area contributed by atoms with E-state index in [2.05, 4.69) is 16.2 Å². The van der Waals surface area contributed by atoms with Crippen molar-refractivity contribution >= 4 is 39.2 Å². The Morgan fingerprint density at radius 2 is 2.29 bits per heavy atom. The molecule has 107 valence electrons. The summed E-state index contributed by atoms with van der Waals surface area (Å²) < 4.78 is 6.94. The van der Waals surface area contributed by atoms with Crippen molar-refractivity contribution in [2.24, 2.45) is 5.73 Å². The van der Waals surface area contributed by atoms with Crippen LogP contribution in [-0.4, -0.2) is 16.0 Å². The average molecular weight is 318 g/mol. The van der Waals surface area contributed by atoms with Gasteiger partial charge in [-0.1, -0.05) is 16.9 Å². The van der Waals surface area contributed by atoms with Crippen LogP contribution in [0, 0.1) is 19.9 Å². The first kappa shape index (κ1) is 14.1. The monoisotopic (exact) mass is 318 g/mol. The highest BCUT2D eigenvalue weighted by atomic mass is 32.2. The van der Waals surface area contributed by atoms with Crippen LogP contribution in [0.5, 0.6) is 0 Å². The standard InChI is InChI=1S/C14H12N3O2S2/c1-7-10(8(2)19-17-7)6-20-14-16-12-9(13(15)18)4-3-5-11(12)21-14/h4-5H,6H2,1-2H3,(H2,15,18). The lowest BCUT2D eigenvalue weighted by Crippen LogP contribution is -2.11. The molecular formula is C14H12N3O2S2. The summed E-state index contributed by atoms with van der Waals surface area (Å²) in [5.74, 6) is 1.08. The summed E-state index contributed by atoms with van der Waals surface area (Å²) in [7, 11) is 0. The maximum absolute atomic E-state index is 11.4. The lowest BCUT2D eigenvalue weighted by molar-refractivity contribution is 0.100. The maximum Gasteiger partial charge on any atom is 0.250 e. The predicted octanol–water partition coefficient (Wildman–Crippen LogP) is 3.09. The van der Waals surface area contributed by atoms with Gasteiger partial charge in [0.15, 0.2) is 4.34 Å². The number of benzene rings is 1. The van der Waals surface area contributed by atoms with Crippen molar-refractivity contribution in [1.82, 2.24) is 10.1 Å². The van der Waals surface area contributed by atoms with E-state index >= 15 is 0 Å². The maximum atomic E-state index is 11.4. The lowest BCUT2D eigenvalue weighted by atomic mass is 10.2. The topological polar surface area (TPSA) is 82.0 Å². The molecule has 0 atom stereocenters. The Bertz CT molecular complexity index is 803. The number of nitrogens with two attached hydrogens (primary N) is 1. The highest BCUT2D eigenvalue weighted by Gasteiger charge is 2.14. The molecule has 1 aromatic carbocycles. The van der Waals surface area contributed by atoms with Crippen molar-refractivity contribution in [3.8, 4) is 0 Å². The average Bonchev–Trinajstić information content (AvgIpc) is 3.00. The molecule has 0 aliphatic carbocycles. The number of primary amides is 1. The van der Waals surface area contributed by atoms with E-state index in [1.165, 1.54) is 11.3 Å². The molecule has 0 spiro atoms. The Hall–Kier alpha value is -1.86. The number of fused-ring (bicyclic) bond motifs is 1. The molecule has 0 saturated carbocycles. The zero-order valence-corrected chi connectivity index (χ0v) is 13.1. The van der Waals surface area contributed by atoms with Crippen LogP contribution in [0.3, 0.4) is 0 Å². The van der Waals surface area contributed by atoms with Gasteiger partial charge in [0.2, 0.25) is 0 Å². The number of amides is 1. The molecular weight excluding hydrogens is 306 g/mol. The smallest absolute Gasteiger partial charge is 0.250 e. The fourth-order valence-electron chi connectivity index (χ4n) is 1.96. The Labute approximate surface area is 129 Å². The third kappa shape index (κ3) is 2.66. The minimum Gasteiger partial charge on any atom is -0.366 e. The van der Waals surface area contributed by atoms with Gasteiger partial charge in [-0.05, 0) is 32.0 Å². The van der Waals surface area contributed by atoms with E-state index in [0.717, 1.165) is 31.8 Å². The molecule has 0 bridgehead atoms. The van der Waals surface area contributed by atoms with E-state index in [1.54, 1.807) is 17.8 Å². The van der Waals surface area contributed by atoms with Gasteiger partial charge in [-0.3, -0.25) is 4.79 Å². The third-order valence-corrected chi connectivity index (χ3v) is 5.29. The van der Waals surface area contributed by atoms with Crippen LogP contribution in [0.15, 0.2) is 21.0 Å². The zero-order chi connectivity index (χ0) is 15.0. The van der Waals surface area contributed by atoms with E-state index in [-0.39, 0.29) is 0 Å². The molecule has 1 radical (unpaired) electrons. The number of aryl methyl sites for hydroxylation is 2. The molecule has 0 aliphatic heterocycles. The Balaban J connectivity index is 1.88. The number of carbonyl (C=O) groups excluding carboxylic acids is 1. The Morgan fingerprint density at radius 1 is 1.48 bits per heavy atom. The highest BCUT2D eigenvalue weighted by Crippen LogP contribution is 2.33. The number of hydrogen-bond donors (Lipinski definition) is 1. The molecule has 2 N–H and O–H groups in total. The molecule has 3 rings (SSSR count). The third-order valence-electron chi connectivity index (χ3n) is 3.12. The van der Waals surface area contributed by atoms with Crippen molar-refractivity contribution in [2.45, 2.75) is 23.9 Å². The number of aromatic nitrogens is 2. The second-order valence-corrected chi connectivity index (χ2v) is 6.77. The molecule has 0 fully saturated rings. The van der Waals surface area contributed by atoms with Gasteiger partial charge in [0.1, 0.15) is 5.76 Å². The van der Waals surface area contributed by atoms with Crippen molar-refractivity contribution in [2.75, 3.05) is 0 Å². The van der Waals surface area contributed by atoms with Crippen LogP contribution < -0.4 is 5.73 Å². The largest absolute Gasteiger partial charge is 0.366 e. The summed E-state index contributed by atoms with van der Waals surface area (Å²) in [6.45, 7) is 3.82. The van der Waals surface area contributed by atoms with Gasteiger partial charge in [-0.25, -0.2) is 4.98 Å². The second-order valence-electron chi connectivity index (χ2n) is 4.52. The SMILES string of the molecule is Cc1noc(C)c1CSc1nc2c(C(N)=O)c[c]cc2s1. The second kappa shape index (κ2) is 5.50. The molecule has 3 aromatic rings. The van der Waals surface area contributed by atoms with Crippen molar-refractivity contribution in [1.29, 1.82) is 0 Å². The fraction of sp³-hybridized carbons (Fsp3) is 0.214. The first-order chi connectivity index (χ1) is 10.1. The van der Waals surface area contributed by atoms with E-state index in [0.29, 0.717) is 11.1 Å². The quantitative estimate of drug-likeness (QED) is 0.747. The van der Waals surface area contributed by atoms with Crippen molar-refractivity contribution in [3.63, 3.8) is 0 Å². The van der Waals surface area contributed by atoms with Gasteiger partial charge >= 0.3 is 0 Å². The summed E-state index contributed by atoms with van der Waals surface area (Å²) in [5, 5.41) is 3.94. The first-order valence-electron chi connectivity index (χ1n) is 6.21. The minimum absolute atomic E-state index is 0.410. The van der Waals surface area contributed by atoms with E-state index < -0.39 is 5.91 Å². The van der Waals surface area contributed by atoms with Gasteiger partial charge in [-0.2, -0.15) is 0 Å². The van der Waals surface area contributed by atoms with Gasteiger partial charge in [-0.15, -0.1) is 11.3 Å². The van der Waals surface area contributed by atoms with E-state index in [9.17, 15) is 4.79 Å². The molecule has 21 heavy (non-hydrogen) atoms. The van der Waals surface area contributed by atoms with Crippen molar-refractivity contribution < 1.29 is 9.32 Å². The summed E-state index contributed by atoms with van der Waals surface area (Å²) in [5.41, 5.74) is 8.39. The minimum atomic E-state index is -0.482. The molecule has 2 heterocycles. The molecule has 1 amide bonds. The zero-order valence-electron chi connectivity index (χ0n) is 11.5. The van der Waals surface area contributed by atoms with Crippen LogP contribution in [0.1, 0.15) is 27.4 Å². The van der Waals surface area contributed by atoms with E-state index in [4.69, 9.17) is 10.3 Å². The lowest BCUT2D eigenvalue weighted by Gasteiger charge is -1.96. The van der Waals surface area contributed by atoms with Crippen LogP contribution in [0.25, 0.3) is 10.2 Å². The number of carbonyl (C=O) groups is 1. The molecule has 7 heteroatoms. The van der Waals surface area contributed by atoms with Gasteiger partial charge in [0.25, 0.3) is 5.91 Å². The van der Waals surface area contributed by atoms with Crippen molar-refractivity contribution in [3.05, 3.63) is 40.8 Å². The first-order valence-corrected chi connectivity index (χ1v) is 8.01. The molecule has 0 saturated heterocycles. The number of thioether (sulfide) groups is 1. The molecule has 2 aromatic heterocycles. The normalized spacial score (nSPS) is 11.1. The van der Waals surface area contributed by atoms with E-state index in [1.807, 2.05) is 19.9 Å². The molecule has 0 unspecified atom stereocenters. The predicted molar refractivity (Wildman–Crippen MR) is 82.5 cm³/mol. The number of nitrogens with zero attached hydrogens (tertiary/aromatic N) is 2. The number of thiazole rings is 1. The van der Waals surface area contributed by atoms with Gasteiger partial charge in [0.05, 0.1) is 21.5 Å². The fourth-order valence-corrected chi connectivity index (χ4v) is 4.18. The Kier molecular flexibility index (Phi) is 3.69. The summed E-state index contributed by atoms with van der Waals surface area (Å²) in [4.78, 5) is 15.9. The van der Waals surface area contributed by atoms with Crippen LogP contribution in [-0.2, 0) is 5.75 Å².